The van der Waals surface area contributed by atoms with Crippen molar-refractivity contribution in [2.45, 2.75) is 26.3 Å². The van der Waals surface area contributed by atoms with Crippen molar-refractivity contribution in [3.05, 3.63) is 35.4 Å². The second-order valence-corrected chi connectivity index (χ2v) is 5.75. The smallest absolute Gasteiger partial charge is 0.224 e. The Hall–Kier alpha value is -1.39. The number of nitrogens with two attached hydrogens (primary N) is 2. The third-order valence-electron chi connectivity index (χ3n) is 4.31. The lowest BCUT2D eigenvalue weighted by Crippen LogP contribution is -2.39. The Morgan fingerprint density at radius 3 is 2.68 bits per heavy atom. The second kappa shape index (κ2) is 5.31. The molecule has 1 aromatic carbocycles. The Morgan fingerprint density at radius 2 is 2.16 bits per heavy atom. The van der Waals surface area contributed by atoms with E-state index in [4.69, 9.17) is 11.5 Å². The van der Waals surface area contributed by atoms with Gasteiger partial charge in [-0.05, 0) is 37.9 Å². The molecule has 1 aliphatic rings. The lowest BCUT2D eigenvalue weighted by Gasteiger charge is -2.29. The number of amides is 1. The summed E-state index contributed by atoms with van der Waals surface area (Å²) in [7, 11) is 0. The molecule has 0 aliphatic carbocycles. The van der Waals surface area contributed by atoms with Crippen LogP contribution in [0.3, 0.4) is 0 Å². The Labute approximate surface area is 114 Å². The zero-order chi connectivity index (χ0) is 14.0. The van der Waals surface area contributed by atoms with Crippen LogP contribution in [0.15, 0.2) is 24.3 Å². The summed E-state index contributed by atoms with van der Waals surface area (Å²) in [6.45, 7) is 6.16. The maximum atomic E-state index is 11.5. The molecule has 1 heterocycles. The maximum Gasteiger partial charge on any atom is 0.224 e. The van der Waals surface area contributed by atoms with Crippen molar-refractivity contribution in [2.24, 2.45) is 16.9 Å². The van der Waals surface area contributed by atoms with Crippen molar-refractivity contribution < 1.29 is 4.79 Å². The summed E-state index contributed by atoms with van der Waals surface area (Å²) in [4.78, 5) is 13.8. The van der Waals surface area contributed by atoms with Gasteiger partial charge in [-0.3, -0.25) is 9.69 Å². The summed E-state index contributed by atoms with van der Waals surface area (Å²) in [5, 5.41) is 0. The van der Waals surface area contributed by atoms with Crippen LogP contribution in [0.2, 0.25) is 0 Å². The molecule has 2 rings (SSSR count). The number of carbonyl (C=O) groups excluding carboxylic acids is 1. The molecule has 1 amide bonds. The predicted molar refractivity (Wildman–Crippen MR) is 76.5 cm³/mol. The molecule has 4 N–H and O–H groups in total. The van der Waals surface area contributed by atoms with Crippen LogP contribution in [0.25, 0.3) is 0 Å². The molecule has 1 saturated heterocycles. The van der Waals surface area contributed by atoms with E-state index < -0.39 is 5.41 Å². The molecule has 2 atom stereocenters. The molecule has 1 fully saturated rings. The van der Waals surface area contributed by atoms with Crippen LogP contribution in [-0.4, -0.2) is 30.4 Å². The first kappa shape index (κ1) is 14.0. The van der Waals surface area contributed by atoms with Crippen LogP contribution in [0, 0.1) is 12.3 Å². The molecule has 104 valence electrons. The molecule has 4 heteroatoms. The summed E-state index contributed by atoms with van der Waals surface area (Å²) in [5.41, 5.74) is 13.5. The van der Waals surface area contributed by atoms with Gasteiger partial charge in [0.1, 0.15) is 0 Å². The number of benzene rings is 1. The Morgan fingerprint density at radius 1 is 1.47 bits per heavy atom. The van der Waals surface area contributed by atoms with E-state index in [2.05, 4.69) is 24.0 Å². The van der Waals surface area contributed by atoms with Crippen LogP contribution in [0.1, 0.15) is 30.5 Å². The minimum Gasteiger partial charge on any atom is -0.369 e. The first-order chi connectivity index (χ1) is 8.98. The van der Waals surface area contributed by atoms with Crippen molar-refractivity contribution in [2.75, 3.05) is 19.6 Å². The zero-order valence-corrected chi connectivity index (χ0v) is 11.7. The zero-order valence-electron chi connectivity index (χ0n) is 11.7. The van der Waals surface area contributed by atoms with Crippen LogP contribution in [-0.2, 0) is 4.79 Å². The number of hydrogen-bond donors (Lipinski definition) is 2. The fourth-order valence-electron chi connectivity index (χ4n) is 2.90. The van der Waals surface area contributed by atoms with Crippen molar-refractivity contribution in [1.29, 1.82) is 0 Å². The lowest BCUT2D eigenvalue weighted by molar-refractivity contribution is -0.126. The van der Waals surface area contributed by atoms with E-state index in [0.717, 1.165) is 13.0 Å². The third kappa shape index (κ3) is 2.65. The van der Waals surface area contributed by atoms with E-state index >= 15 is 0 Å². The standard InChI is InChI=1S/C15H23N3O/c1-11-5-3-4-6-12(11)13(9-16)18-8-7-15(2,10-18)14(17)19/h3-6,13H,7-10,16H2,1-2H3,(H2,17,19). The Kier molecular flexibility index (Phi) is 3.92. The minimum absolute atomic E-state index is 0.169. The summed E-state index contributed by atoms with van der Waals surface area (Å²) in [5.74, 6) is -0.212. The molecule has 2 unspecified atom stereocenters. The first-order valence-corrected chi connectivity index (χ1v) is 6.77. The number of hydrogen-bond acceptors (Lipinski definition) is 3. The van der Waals surface area contributed by atoms with Gasteiger partial charge in [-0.15, -0.1) is 0 Å². The fraction of sp³-hybridized carbons (Fsp3) is 0.533. The minimum atomic E-state index is -0.421. The topological polar surface area (TPSA) is 72.3 Å². The SMILES string of the molecule is Cc1ccccc1C(CN)N1CCC(C)(C(N)=O)C1. The normalized spacial score (nSPS) is 25.4. The van der Waals surface area contributed by atoms with Crippen molar-refractivity contribution in [3.63, 3.8) is 0 Å². The number of nitrogens with zero attached hydrogens (tertiary/aromatic N) is 1. The van der Waals surface area contributed by atoms with Crippen molar-refractivity contribution in [3.8, 4) is 0 Å². The molecular formula is C15H23N3O. The molecule has 0 radical (unpaired) electrons. The Bertz CT molecular complexity index is 474. The molecule has 1 aliphatic heterocycles. The van der Waals surface area contributed by atoms with Gasteiger partial charge in [0.25, 0.3) is 0 Å². The highest BCUT2D eigenvalue weighted by Crippen LogP contribution is 2.35. The van der Waals surface area contributed by atoms with Gasteiger partial charge < -0.3 is 11.5 Å². The quantitative estimate of drug-likeness (QED) is 0.855. The number of rotatable bonds is 4. The van der Waals surface area contributed by atoms with E-state index in [9.17, 15) is 4.79 Å². The highest BCUT2D eigenvalue weighted by Gasteiger charge is 2.41. The third-order valence-corrected chi connectivity index (χ3v) is 4.31. The molecule has 0 aromatic heterocycles. The second-order valence-electron chi connectivity index (χ2n) is 5.75. The molecule has 0 bridgehead atoms. The van der Waals surface area contributed by atoms with Crippen molar-refractivity contribution in [1.82, 2.24) is 4.90 Å². The van der Waals surface area contributed by atoms with Gasteiger partial charge >= 0.3 is 0 Å². The van der Waals surface area contributed by atoms with E-state index in [1.54, 1.807) is 0 Å². The molecule has 0 saturated carbocycles. The van der Waals surface area contributed by atoms with Crippen LogP contribution >= 0.6 is 0 Å². The van der Waals surface area contributed by atoms with Gasteiger partial charge in [-0.2, -0.15) is 0 Å². The summed E-state index contributed by atoms with van der Waals surface area (Å²) in [6.07, 6.45) is 0.810. The average Bonchev–Trinajstić information content (AvgIpc) is 2.77. The van der Waals surface area contributed by atoms with Gasteiger partial charge in [0.2, 0.25) is 5.91 Å². The average molecular weight is 261 g/mol. The van der Waals surface area contributed by atoms with Crippen LogP contribution < -0.4 is 11.5 Å². The fourth-order valence-corrected chi connectivity index (χ4v) is 2.90. The van der Waals surface area contributed by atoms with Gasteiger partial charge in [-0.25, -0.2) is 0 Å². The molecular weight excluding hydrogens is 238 g/mol. The predicted octanol–water partition coefficient (Wildman–Crippen LogP) is 1.19. The van der Waals surface area contributed by atoms with E-state index in [0.29, 0.717) is 13.1 Å². The van der Waals surface area contributed by atoms with Crippen LogP contribution in [0.5, 0.6) is 0 Å². The highest BCUT2D eigenvalue weighted by molar-refractivity contribution is 5.81. The van der Waals surface area contributed by atoms with E-state index in [-0.39, 0.29) is 11.9 Å². The highest BCUT2D eigenvalue weighted by atomic mass is 16.1. The first-order valence-electron chi connectivity index (χ1n) is 6.77. The number of aryl methyl sites for hydroxylation is 1. The summed E-state index contributed by atoms with van der Waals surface area (Å²) < 4.78 is 0. The molecule has 0 spiro atoms. The number of primary amides is 1. The van der Waals surface area contributed by atoms with Crippen molar-refractivity contribution >= 4 is 5.91 Å². The largest absolute Gasteiger partial charge is 0.369 e. The number of likely N-dealkylation sites (tertiary alicyclic amines) is 1. The molecule has 4 nitrogen and oxygen atoms in total. The maximum absolute atomic E-state index is 11.5. The summed E-state index contributed by atoms with van der Waals surface area (Å²) in [6, 6.07) is 8.45. The van der Waals surface area contributed by atoms with E-state index in [1.807, 2.05) is 19.1 Å². The van der Waals surface area contributed by atoms with E-state index in [1.165, 1.54) is 11.1 Å². The van der Waals surface area contributed by atoms with Gasteiger partial charge in [0.15, 0.2) is 0 Å². The van der Waals surface area contributed by atoms with Gasteiger partial charge in [-0.1, -0.05) is 24.3 Å². The monoisotopic (exact) mass is 261 g/mol. The van der Waals surface area contributed by atoms with Gasteiger partial charge in [0.05, 0.1) is 5.41 Å². The summed E-state index contributed by atoms with van der Waals surface area (Å²) >= 11 is 0. The molecule has 19 heavy (non-hydrogen) atoms. The Balaban J connectivity index is 2.21. The van der Waals surface area contributed by atoms with Gasteiger partial charge in [0, 0.05) is 19.1 Å². The lowest BCUT2D eigenvalue weighted by atomic mass is 9.89. The number of carbonyl (C=O) groups is 1. The molecule has 1 aromatic rings. The van der Waals surface area contributed by atoms with Crippen LogP contribution in [0.4, 0.5) is 0 Å².